The van der Waals surface area contributed by atoms with E-state index in [9.17, 15) is 4.39 Å². The summed E-state index contributed by atoms with van der Waals surface area (Å²) in [6.07, 6.45) is 4.87. The Bertz CT molecular complexity index is 773. The Morgan fingerprint density at radius 2 is 2.19 bits per heavy atom. The Balaban J connectivity index is 1.43. The van der Waals surface area contributed by atoms with Crippen LogP contribution in [-0.2, 0) is 25.9 Å². The molecule has 0 saturated heterocycles. The Morgan fingerprint density at radius 3 is 3.00 bits per heavy atom. The molecule has 1 aromatic carbocycles. The van der Waals surface area contributed by atoms with Crippen LogP contribution in [0, 0.1) is 5.82 Å². The van der Waals surface area contributed by atoms with Gasteiger partial charge in [-0.2, -0.15) is 0 Å². The molecule has 0 unspecified atom stereocenters. The molecule has 1 aromatic heterocycles. The topological polar surface area (TPSA) is 67.1 Å². The van der Waals surface area contributed by atoms with Gasteiger partial charge < -0.3 is 15.2 Å². The Kier molecular flexibility index (Phi) is 6.60. The summed E-state index contributed by atoms with van der Waals surface area (Å²) in [5.41, 5.74) is 0.730. The van der Waals surface area contributed by atoms with Gasteiger partial charge in [-0.15, -0.1) is 10.2 Å². The summed E-state index contributed by atoms with van der Waals surface area (Å²) < 4.78 is 16.8. The first kappa shape index (κ1) is 18.8. The fourth-order valence-electron chi connectivity index (χ4n) is 3.09. The van der Waals surface area contributed by atoms with Gasteiger partial charge in [0.25, 0.3) is 0 Å². The third-order valence-corrected chi connectivity index (χ3v) is 5.00. The third kappa shape index (κ3) is 4.81. The number of aliphatic imine (C=N–C) groups is 1. The molecule has 1 aliphatic rings. The van der Waals surface area contributed by atoms with Gasteiger partial charge in [0.05, 0.1) is 6.54 Å². The molecule has 6 nitrogen and oxygen atoms in total. The van der Waals surface area contributed by atoms with Crippen LogP contribution in [0.1, 0.15) is 36.5 Å². The lowest BCUT2D eigenvalue weighted by Crippen LogP contribution is -2.38. The minimum atomic E-state index is -0.168. The zero-order chi connectivity index (χ0) is 18.4. The van der Waals surface area contributed by atoms with Gasteiger partial charge in [0, 0.05) is 31.0 Å². The average Bonchev–Trinajstić information content (AvgIpc) is 3.06. The number of guanidine groups is 1. The number of nitrogens with zero attached hydrogens (tertiary/aromatic N) is 4. The second-order valence-corrected chi connectivity index (χ2v) is 7.25. The van der Waals surface area contributed by atoms with Crippen molar-refractivity contribution in [2.45, 2.75) is 45.2 Å². The first-order valence-electron chi connectivity index (χ1n) is 8.97. The van der Waals surface area contributed by atoms with Crippen LogP contribution in [0.15, 0.2) is 27.7 Å². The van der Waals surface area contributed by atoms with Crippen molar-refractivity contribution < 1.29 is 4.39 Å². The summed E-state index contributed by atoms with van der Waals surface area (Å²) in [5.74, 6) is 2.57. The van der Waals surface area contributed by atoms with Gasteiger partial charge in [-0.1, -0.05) is 22.0 Å². The van der Waals surface area contributed by atoms with Gasteiger partial charge in [0.2, 0.25) is 0 Å². The molecule has 0 saturated carbocycles. The average molecular weight is 423 g/mol. The van der Waals surface area contributed by atoms with Gasteiger partial charge >= 0.3 is 0 Å². The molecule has 0 aliphatic carbocycles. The third-order valence-electron chi connectivity index (χ3n) is 4.50. The number of benzene rings is 1. The van der Waals surface area contributed by atoms with Crippen molar-refractivity contribution in [1.82, 2.24) is 25.4 Å². The highest BCUT2D eigenvalue weighted by molar-refractivity contribution is 9.10. The van der Waals surface area contributed by atoms with Gasteiger partial charge in [-0.3, -0.25) is 4.99 Å². The second-order valence-electron chi connectivity index (χ2n) is 6.33. The molecular formula is C18H24BrFN6. The van der Waals surface area contributed by atoms with E-state index in [0.717, 1.165) is 47.0 Å². The maximum atomic E-state index is 13.8. The van der Waals surface area contributed by atoms with Crippen molar-refractivity contribution in [3.8, 4) is 0 Å². The first-order valence-corrected chi connectivity index (χ1v) is 9.76. The molecule has 0 atom stereocenters. The largest absolute Gasteiger partial charge is 0.356 e. The summed E-state index contributed by atoms with van der Waals surface area (Å²) >= 11 is 3.28. The molecule has 0 spiro atoms. The molecule has 140 valence electrons. The number of nitrogens with one attached hydrogen (secondary N) is 2. The number of aromatic nitrogens is 3. The van der Waals surface area contributed by atoms with Crippen LogP contribution in [0.4, 0.5) is 4.39 Å². The molecule has 0 radical (unpaired) electrons. The number of halogens is 2. The highest BCUT2D eigenvalue weighted by Gasteiger charge is 2.15. The zero-order valence-electron chi connectivity index (χ0n) is 14.9. The summed E-state index contributed by atoms with van der Waals surface area (Å²) in [7, 11) is 1.74. The van der Waals surface area contributed by atoms with Crippen molar-refractivity contribution in [3.05, 3.63) is 45.7 Å². The fraction of sp³-hybridized carbons (Fsp3) is 0.500. The quantitative estimate of drug-likeness (QED) is 0.426. The van der Waals surface area contributed by atoms with Crippen molar-refractivity contribution in [3.63, 3.8) is 0 Å². The van der Waals surface area contributed by atoms with Crippen LogP contribution in [-0.4, -0.2) is 34.3 Å². The molecule has 0 fully saturated rings. The zero-order valence-corrected chi connectivity index (χ0v) is 16.5. The molecule has 1 aliphatic heterocycles. The number of aryl methyl sites for hydroxylation is 2. The molecular weight excluding hydrogens is 399 g/mol. The van der Waals surface area contributed by atoms with E-state index >= 15 is 0 Å². The Hall–Kier alpha value is -1.96. The van der Waals surface area contributed by atoms with Crippen LogP contribution in [0.5, 0.6) is 0 Å². The first-order chi connectivity index (χ1) is 12.7. The molecule has 26 heavy (non-hydrogen) atoms. The van der Waals surface area contributed by atoms with Crippen LogP contribution in [0.2, 0.25) is 0 Å². The van der Waals surface area contributed by atoms with E-state index in [4.69, 9.17) is 0 Å². The normalized spacial score (nSPS) is 14.2. The number of fused-ring (bicyclic) bond motifs is 1. The van der Waals surface area contributed by atoms with Gasteiger partial charge in [-0.25, -0.2) is 4.39 Å². The number of hydrogen-bond acceptors (Lipinski definition) is 3. The Morgan fingerprint density at radius 1 is 1.31 bits per heavy atom. The van der Waals surface area contributed by atoms with Crippen molar-refractivity contribution >= 4 is 21.9 Å². The smallest absolute Gasteiger partial charge is 0.191 e. The van der Waals surface area contributed by atoms with E-state index < -0.39 is 0 Å². The SMILES string of the molecule is CN=C(NCCCc1ccc(Br)cc1F)NCc1nnc2n1CCCC2. The van der Waals surface area contributed by atoms with Crippen molar-refractivity contribution in [1.29, 1.82) is 0 Å². The summed E-state index contributed by atoms with van der Waals surface area (Å²) in [6.45, 7) is 2.30. The predicted molar refractivity (Wildman–Crippen MR) is 104 cm³/mol. The van der Waals surface area contributed by atoms with Crippen LogP contribution >= 0.6 is 15.9 Å². The minimum Gasteiger partial charge on any atom is -0.356 e. The fourth-order valence-corrected chi connectivity index (χ4v) is 3.43. The lowest BCUT2D eigenvalue weighted by molar-refractivity contribution is 0.504. The lowest BCUT2D eigenvalue weighted by Gasteiger charge is -2.16. The van der Waals surface area contributed by atoms with Gasteiger partial charge in [-0.05, 0) is 43.4 Å². The molecule has 8 heteroatoms. The molecule has 0 amide bonds. The van der Waals surface area contributed by atoms with Crippen LogP contribution in [0.25, 0.3) is 0 Å². The van der Waals surface area contributed by atoms with E-state index in [-0.39, 0.29) is 5.82 Å². The summed E-state index contributed by atoms with van der Waals surface area (Å²) in [4.78, 5) is 4.23. The lowest BCUT2D eigenvalue weighted by atomic mass is 10.1. The number of rotatable bonds is 6. The van der Waals surface area contributed by atoms with Gasteiger partial charge in [0.1, 0.15) is 11.6 Å². The maximum absolute atomic E-state index is 13.8. The van der Waals surface area contributed by atoms with Crippen LogP contribution in [0.3, 0.4) is 0 Å². The monoisotopic (exact) mass is 422 g/mol. The van der Waals surface area contributed by atoms with Crippen LogP contribution < -0.4 is 10.6 Å². The Labute approximate surface area is 161 Å². The highest BCUT2D eigenvalue weighted by Crippen LogP contribution is 2.16. The van der Waals surface area contributed by atoms with Gasteiger partial charge in [0.15, 0.2) is 11.8 Å². The second kappa shape index (κ2) is 9.12. The van der Waals surface area contributed by atoms with Crippen molar-refractivity contribution in [2.24, 2.45) is 4.99 Å². The van der Waals surface area contributed by atoms with E-state index in [1.807, 2.05) is 12.1 Å². The molecule has 0 bridgehead atoms. The molecule has 2 heterocycles. The maximum Gasteiger partial charge on any atom is 0.191 e. The molecule has 2 N–H and O–H groups in total. The summed E-state index contributed by atoms with van der Waals surface area (Å²) in [5, 5.41) is 15.1. The molecule has 2 aromatic rings. The number of hydrogen-bond donors (Lipinski definition) is 2. The molecule has 3 rings (SSSR count). The van der Waals surface area contributed by atoms with Crippen molar-refractivity contribution in [2.75, 3.05) is 13.6 Å². The highest BCUT2D eigenvalue weighted by atomic mass is 79.9. The van der Waals surface area contributed by atoms with E-state index in [1.165, 1.54) is 18.9 Å². The predicted octanol–water partition coefficient (Wildman–Crippen LogP) is 2.81. The minimum absolute atomic E-state index is 0.168. The summed E-state index contributed by atoms with van der Waals surface area (Å²) in [6, 6.07) is 5.19. The standard InChI is InChI=1S/C18H24BrFN6/c1-21-18(22-9-4-5-13-7-8-14(19)11-15(13)20)23-12-17-25-24-16-6-2-3-10-26(16)17/h7-8,11H,2-6,9-10,12H2,1H3,(H2,21,22,23). The van der Waals surface area contributed by atoms with E-state index in [2.05, 4.69) is 46.3 Å². The van der Waals surface area contributed by atoms with E-state index in [0.29, 0.717) is 19.5 Å². The van der Waals surface area contributed by atoms with E-state index in [1.54, 1.807) is 7.05 Å².